The summed E-state index contributed by atoms with van der Waals surface area (Å²) in [6.45, 7) is 9.42. The molecule has 0 aliphatic heterocycles. The molecule has 8 nitrogen and oxygen atoms in total. The van der Waals surface area contributed by atoms with E-state index < -0.39 is 11.2 Å². The highest BCUT2D eigenvalue weighted by molar-refractivity contribution is 7.17. The number of nitrogens with zero attached hydrogens (tertiary/aromatic N) is 4. The fourth-order valence-electron chi connectivity index (χ4n) is 3.38. The van der Waals surface area contributed by atoms with Crippen LogP contribution in [0.3, 0.4) is 0 Å². The van der Waals surface area contributed by atoms with Crippen LogP contribution in [0, 0.1) is 6.92 Å². The van der Waals surface area contributed by atoms with Gasteiger partial charge in [0.05, 0.1) is 35.0 Å². The molecule has 3 heterocycles. The van der Waals surface area contributed by atoms with Crippen molar-refractivity contribution in [3.8, 4) is 0 Å². The molecular weight excluding hydrogens is 424 g/mol. The predicted octanol–water partition coefficient (Wildman–Crippen LogP) is 4.68. The van der Waals surface area contributed by atoms with Gasteiger partial charge in [0.2, 0.25) is 5.95 Å². The van der Waals surface area contributed by atoms with Crippen LogP contribution >= 0.6 is 11.3 Å². The number of thiophene rings is 1. The van der Waals surface area contributed by atoms with Gasteiger partial charge in [-0.15, -0.1) is 11.3 Å². The standard InChI is InChI=1S/C23H28N6O2S/c1-14-12-32-20-18(14)19(25-16-8-6-7-15(9-16)23(4,5)31)27-21(28-20)26-17-10-24-29(11-17)13-22(2,3)30/h6-12,30-31H,13H2,1-5H3,(H2,25,26,27,28). The van der Waals surface area contributed by atoms with E-state index in [1.165, 1.54) is 0 Å². The van der Waals surface area contributed by atoms with E-state index in [2.05, 4.69) is 26.1 Å². The molecule has 32 heavy (non-hydrogen) atoms. The summed E-state index contributed by atoms with van der Waals surface area (Å²) in [7, 11) is 0. The van der Waals surface area contributed by atoms with Crippen LogP contribution in [0.25, 0.3) is 10.2 Å². The van der Waals surface area contributed by atoms with Crippen LogP contribution in [0.2, 0.25) is 0 Å². The third-order valence-electron chi connectivity index (χ3n) is 4.89. The van der Waals surface area contributed by atoms with Crippen LogP contribution in [0.4, 0.5) is 23.1 Å². The maximum Gasteiger partial charge on any atom is 0.230 e. The smallest absolute Gasteiger partial charge is 0.230 e. The number of anilines is 4. The average molecular weight is 453 g/mol. The molecule has 168 valence electrons. The van der Waals surface area contributed by atoms with Gasteiger partial charge in [-0.1, -0.05) is 12.1 Å². The van der Waals surface area contributed by atoms with E-state index in [-0.39, 0.29) is 0 Å². The second-order valence-electron chi connectivity index (χ2n) is 9.12. The van der Waals surface area contributed by atoms with Gasteiger partial charge in [0, 0.05) is 11.9 Å². The minimum absolute atomic E-state index is 0.378. The summed E-state index contributed by atoms with van der Waals surface area (Å²) >= 11 is 1.56. The number of aliphatic hydroxyl groups is 2. The Bertz CT molecular complexity index is 1250. The van der Waals surface area contributed by atoms with E-state index in [1.54, 1.807) is 49.9 Å². The molecule has 0 saturated heterocycles. The Morgan fingerprint density at radius 1 is 1.06 bits per heavy atom. The van der Waals surface area contributed by atoms with Crippen LogP contribution in [-0.2, 0) is 12.1 Å². The molecule has 4 rings (SSSR count). The molecule has 1 aromatic carbocycles. The van der Waals surface area contributed by atoms with Crippen molar-refractivity contribution in [1.82, 2.24) is 19.7 Å². The lowest BCUT2D eigenvalue weighted by molar-refractivity contribution is 0.0577. The highest BCUT2D eigenvalue weighted by Gasteiger charge is 2.18. The Morgan fingerprint density at radius 3 is 2.56 bits per heavy atom. The molecule has 0 bridgehead atoms. The van der Waals surface area contributed by atoms with E-state index in [0.29, 0.717) is 18.3 Å². The largest absolute Gasteiger partial charge is 0.389 e. The van der Waals surface area contributed by atoms with Gasteiger partial charge in [-0.3, -0.25) is 4.68 Å². The second-order valence-corrected chi connectivity index (χ2v) is 9.98. The van der Waals surface area contributed by atoms with E-state index in [4.69, 9.17) is 4.98 Å². The summed E-state index contributed by atoms with van der Waals surface area (Å²) in [6, 6.07) is 7.67. The first-order chi connectivity index (χ1) is 15.0. The number of aromatic nitrogens is 4. The van der Waals surface area contributed by atoms with Crippen molar-refractivity contribution >= 4 is 44.7 Å². The van der Waals surface area contributed by atoms with Crippen molar-refractivity contribution in [1.29, 1.82) is 0 Å². The number of rotatable bonds is 7. The monoisotopic (exact) mass is 452 g/mol. The molecule has 0 radical (unpaired) electrons. The summed E-state index contributed by atoms with van der Waals surface area (Å²) in [5, 5.41) is 34.3. The summed E-state index contributed by atoms with van der Waals surface area (Å²) < 4.78 is 1.68. The van der Waals surface area contributed by atoms with Gasteiger partial charge >= 0.3 is 0 Å². The molecule has 0 spiro atoms. The summed E-state index contributed by atoms with van der Waals surface area (Å²) in [4.78, 5) is 10.3. The fraction of sp³-hybridized carbons (Fsp3) is 0.348. The topological polar surface area (TPSA) is 108 Å². The third-order valence-corrected chi connectivity index (χ3v) is 5.88. The SMILES string of the molecule is Cc1csc2nc(Nc3cnn(CC(C)(C)O)c3)nc(Nc3cccc(C(C)(C)O)c3)c12. The van der Waals surface area contributed by atoms with Crippen LogP contribution in [0.5, 0.6) is 0 Å². The molecule has 4 aromatic rings. The summed E-state index contributed by atoms with van der Waals surface area (Å²) in [5.41, 5.74) is 1.67. The number of aryl methyl sites for hydroxylation is 1. The quantitative estimate of drug-likeness (QED) is 0.322. The Kier molecular flexibility index (Phi) is 5.66. The lowest BCUT2D eigenvalue weighted by Gasteiger charge is -2.19. The first-order valence-corrected chi connectivity index (χ1v) is 11.2. The Labute approximate surface area is 191 Å². The first kappa shape index (κ1) is 22.2. The highest BCUT2D eigenvalue weighted by Crippen LogP contribution is 2.33. The predicted molar refractivity (Wildman–Crippen MR) is 129 cm³/mol. The number of hydrogen-bond acceptors (Lipinski definition) is 8. The molecule has 0 aliphatic rings. The zero-order chi connectivity index (χ0) is 23.1. The van der Waals surface area contributed by atoms with Gasteiger partial charge in [-0.2, -0.15) is 10.1 Å². The van der Waals surface area contributed by atoms with Crippen LogP contribution in [0.1, 0.15) is 38.8 Å². The maximum absolute atomic E-state index is 10.4. The molecule has 0 fully saturated rings. The highest BCUT2D eigenvalue weighted by atomic mass is 32.1. The van der Waals surface area contributed by atoms with Gasteiger partial charge in [-0.25, -0.2) is 4.98 Å². The van der Waals surface area contributed by atoms with E-state index in [0.717, 1.165) is 32.7 Å². The molecule has 4 N–H and O–H groups in total. The van der Waals surface area contributed by atoms with Crippen LogP contribution in [0.15, 0.2) is 42.0 Å². The minimum Gasteiger partial charge on any atom is -0.389 e. The van der Waals surface area contributed by atoms with Gasteiger partial charge in [-0.05, 0) is 63.3 Å². The Morgan fingerprint density at radius 2 is 1.84 bits per heavy atom. The molecule has 0 atom stereocenters. The van der Waals surface area contributed by atoms with Crippen molar-refractivity contribution in [2.75, 3.05) is 10.6 Å². The van der Waals surface area contributed by atoms with Crippen molar-refractivity contribution in [3.63, 3.8) is 0 Å². The van der Waals surface area contributed by atoms with E-state index in [9.17, 15) is 10.2 Å². The molecule has 9 heteroatoms. The third kappa shape index (κ3) is 5.07. The van der Waals surface area contributed by atoms with Crippen molar-refractivity contribution in [2.24, 2.45) is 0 Å². The maximum atomic E-state index is 10.4. The lowest BCUT2D eigenvalue weighted by atomic mass is 9.98. The molecular formula is C23H28N6O2S. The minimum atomic E-state index is -0.938. The molecule has 0 amide bonds. The Hall–Kier alpha value is -3.01. The van der Waals surface area contributed by atoms with Crippen LogP contribution < -0.4 is 10.6 Å². The normalized spacial score (nSPS) is 12.3. The van der Waals surface area contributed by atoms with Gasteiger partial charge < -0.3 is 20.8 Å². The second kappa shape index (κ2) is 8.16. The average Bonchev–Trinajstić information content (AvgIpc) is 3.26. The van der Waals surface area contributed by atoms with Gasteiger partial charge in [0.25, 0.3) is 0 Å². The number of nitrogens with one attached hydrogen (secondary N) is 2. The molecule has 3 aromatic heterocycles. The van der Waals surface area contributed by atoms with Crippen molar-refractivity contribution in [2.45, 2.75) is 52.4 Å². The first-order valence-electron chi connectivity index (χ1n) is 10.4. The lowest BCUT2D eigenvalue weighted by Crippen LogP contribution is -2.26. The summed E-state index contributed by atoms with van der Waals surface area (Å²) in [5.74, 6) is 1.14. The fourth-order valence-corrected chi connectivity index (χ4v) is 4.31. The number of fused-ring (bicyclic) bond motifs is 1. The van der Waals surface area contributed by atoms with Crippen molar-refractivity contribution in [3.05, 3.63) is 53.2 Å². The zero-order valence-electron chi connectivity index (χ0n) is 18.8. The van der Waals surface area contributed by atoms with E-state index >= 15 is 0 Å². The zero-order valence-corrected chi connectivity index (χ0v) is 19.7. The van der Waals surface area contributed by atoms with Gasteiger partial charge in [0.15, 0.2) is 0 Å². The Balaban J connectivity index is 1.66. The molecule has 0 aliphatic carbocycles. The van der Waals surface area contributed by atoms with E-state index in [1.807, 2.05) is 37.4 Å². The molecule has 0 saturated carbocycles. The van der Waals surface area contributed by atoms with Crippen molar-refractivity contribution < 1.29 is 10.2 Å². The van der Waals surface area contributed by atoms with Crippen LogP contribution in [-0.4, -0.2) is 35.6 Å². The molecule has 0 unspecified atom stereocenters. The number of benzene rings is 1. The summed E-state index contributed by atoms with van der Waals surface area (Å²) in [6.07, 6.45) is 3.49. The number of hydrogen-bond donors (Lipinski definition) is 4. The van der Waals surface area contributed by atoms with Gasteiger partial charge in [0.1, 0.15) is 10.6 Å².